The lowest BCUT2D eigenvalue weighted by Crippen LogP contribution is -2.42. The van der Waals surface area contributed by atoms with Crippen LogP contribution in [-0.4, -0.2) is 11.8 Å². The van der Waals surface area contributed by atoms with Crippen molar-refractivity contribution in [1.82, 2.24) is 0 Å². The fourth-order valence-electron chi connectivity index (χ4n) is 1.90. The van der Waals surface area contributed by atoms with Crippen LogP contribution < -0.4 is 5.73 Å². The van der Waals surface area contributed by atoms with Crippen molar-refractivity contribution in [1.29, 1.82) is 0 Å². The van der Waals surface area contributed by atoms with Gasteiger partial charge in [-0.1, -0.05) is 54.9 Å². The molecule has 17 heavy (non-hydrogen) atoms. The molecule has 0 aromatic carbocycles. The van der Waals surface area contributed by atoms with Crippen molar-refractivity contribution in [2.75, 3.05) is 0 Å². The number of carbonyl (C=O) groups excluding carboxylic acids is 1. The SMILES string of the molecule is CCCC(C)C(=O)C(N)CC(C)(C)C(C)(C)C. The third-order valence-electron chi connectivity index (χ3n) is 4.33. The molecule has 2 heteroatoms. The summed E-state index contributed by atoms with van der Waals surface area (Å²) < 4.78 is 0. The van der Waals surface area contributed by atoms with Crippen LogP contribution in [0.4, 0.5) is 0 Å². The van der Waals surface area contributed by atoms with Gasteiger partial charge in [0.05, 0.1) is 6.04 Å². The molecule has 2 nitrogen and oxygen atoms in total. The van der Waals surface area contributed by atoms with Crippen molar-refractivity contribution in [2.45, 2.75) is 73.8 Å². The van der Waals surface area contributed by atoms with E-state index in [0.29, 0.717) is 0 Å². The number of rotatable bonds is 6. The van der Waals surface area contributed by atoms with Crippen molar-refractivity contribution in [3.8, 4) is 0 Å². The average molecular weight is 241 g/mol. The van der Waals surface area contributed by atoms with Gasteiger partial charge in [0.15, 0.2) is 5.78 Å². The van der Waals surface area contributed by atoms with Crippen molar-refractivity contribution in [2.24, 2.45) is 22.5 Å². The Labute approximate surface area is 107 Å². The summed E-state index contributed by atoms with van der Waals surface area (Å²) in [7, 11) is 0. The maximum Gasteiger partial charge on any atom is 0.152 e. The molecule has 0 fully saturated rings. The van der Waals surface area contributed by atoms with Gasteiger partial charge in [0.1, 0.15) is 0 Å². The molecule has 0 heterocycles. The van der Waals surface area contributed by atoms with E-state index in [-0.39, 0.29) is 28.6 Å². The van der Waals surface area contributed by atoms with Gasteiger partial charge in [-0.15, -0.1) is 0 Å². The molecule has 0 aromatic rings. The predicted molar refractivity (Wildman–Crippen MR) is 74.9 cm³/mol. The molecule has 0 aromatic heterocycles. The molecule has 2 unspecified atom stereocenters. The van der Waals surface area contributed by atoms with Crippen LogP contribution >= 0.6 is 0 Å². The Morgan fingerprint density at radius 1 is 1.18 bits per heavy atom. The Morgan fingerprint density at radius 2 is 1.65 bits per heavy atom. The molecule has 0 aliphatic heterocycles. The molecule has 0 saturated heterocycles. The second-order valence-electron chi connectivity index (χ2n) is 7.04. The molecule has 0 spiro atoms. The molecule has 0 rings (SSSR count). The normalized spacial score (nSPS) is 16.7. The quantitative estimate of drug-likeness (QED) is 0.769. The van der Waals surface area contributed by atoms with Gasteiger partial charge in [-0.25, -0.2) is 0 Å². The monoisotopic (exact) mass is 241 g/mol. The summed E-state index contributed by atoms with van der Waals surface area (Å²) >= 11 is 0. The van der Waals surface area contributed by atoms with Crippen LogP contribution in [0.25, 0.3) is 0 Å². The maximum absolute atomic E-state index is 12.1. The van der Waals surface area contributed by atoms with Gasteiger partial charge < -0.3 is 5.73 Å². The molecule has 0 radical (unpaired) electrons. The Hall–Kier alpha value is -0.370. The van der Waals surface area contributed by atoms with E-state index in [2.05, 4.69) is 41.5 Å². The first-order valence-corrected chi connectivity index (χ1v) is 6.82. The average Bonchev–Trinajstić information content (AvgIpc) is 2.14. The molecular weight excluding hydrogens is 210 g/mol. The fraction of sp³-hybridized carbons (Fsp3) is 0.933. The molecule has 2 N–H and O–H groups in total. The maximum atomic E-state index is 12.1. The lowest BCUT2D eigenvalue weighted by atomic mass is 9.65. The number of ketones is 1. The molecule has 0 aliphatic carbocycles. The molecule has 0 saturated carbocycles. The highest BCUT2D eigenvalue weighted by Crippen LogP contribution is 2.41. The van der Waals surface area contributed by atoms with Crippen molar-refractivity contribution >= 4 is 5.78 Å². The van der Waals surface area contributed by atoms with E-state index in [1.54, 1.807) is 0 Å². The highest BCUT2D eigenvalue weighted by molar-refractivity contribution is 5.85. The highest BCUT2D eigenvalue weighted by Gasteiger charge is 2.36. The zero-order chi connectivity index (χ0) is 13.9. The third kappa shape index (κ3) is 4.79. The van der Waals surface area contributed by atoms with Gasteiger partial charge >= 0.3 is 0 Å². The van der Waals surface area contributed by atoms with Crippen molar-refractivity contribution in [3.05, 3.63) is 0 Å². The number of nitrogens with two attached hydrogens (primary N) is 1. The second kappa shape index (κ2) is 5.99. The largest absolute Gasteiger partial charge is 0.321 e. The smallest absolute Gasteiger partial charge is 0.152 e. The van der Waals surface area contributed by atoms with E-state index in [1.165, 1.54) is 0 Å². The summed E-state index contributed by atoms with van der Waals surface area (Å²) in [6.07, 6.45) is 2.76. The summed E-state index contributed by atoms with van der Waals surface area (Å²) in [5.74, 6) is 0.329. The number of carbonyl (C=O) groups is 1. The Balaban J connectivity index is 4.54. The zero-order valence-electron chi connectivity index (χ0n) is 12.8. The van der Waals surface area contributed by atoms with Crippen LogP contribution in [0.5, 0.6) is 0 Å². The summed E-state index contributed by atoms with van der Waals surface area (Å²) in [5, 5.41) is 0. The minimum Gasteiger partial charge on any atom is -0.321 e. The first-order valence-electron chi connectivity index (χ1n) is 6.82. The van der Waals surface area contributed by atoms with Crippen LogP contribution in [0, 0.1) is 16.7 Å². The van der Waals surface area contributed by atoms with Crippen LogP contribution in [0.2, 0.25) is 0 Å². The highest BCUT2D eigenvalue weighted by atomic mass is 16.1. The molecular formula is C15H31NO. The van der Waals surface area contributed by atoms with Gasteiger partial charge in [-0.3, -0.25) is 4.79 Å². The van der Waals surface area contributed by atoms with Crippen LogP contribution in [-0.2, 0) is 4.79 Å². The van der Waals surface area contributed by atoms with Gasteiger partial charge in [0.25, 0.3) is 0 Å². The lowest BCUT2D eigenvalue weighted by molar-refractivity contribution is -0.125. The first kappa shape index (κ1) is 16.6. The van der Waals surface area contributed by atoms with Crippen LogP contribution in [0.3, 0.4) is 0 Å². The van der Waals surface area contributed by atoms with E-state index in [4.69, 9.17) is 5.73 Å². The second-order valence-corrected chi connectivity index (χ2v) is 7.04. The Bertz CT molecular complexity index is 250. The number of hydrogen-bond donors (Lipinski definition) is 1. The van der Waals surface area contributed by atoms with Crippen LogP contribution in [0.15, 0.2) is 0 Å². The third-order valence-corrected chi connectivity index (χ3v) is 4.33. The number of hydrogen-bond acceptors (Lipinski definition) is 2. The fourth-order valence-corrected chi connectivity index (χ4v) is 1.90. The van der Waals surface area contributed by atoms with Crippen molar-refractivity contribution < 1.29 is 4.79 Å². The zero-order valence-corrected chi connectivity index (χ0v) is 12.8. The minimum atomic E-state index is -0.314. The van der Waals surface area contributed by atoms with E-state index >= 15 is 0 Å². The molecule has 2 atom stereocenters. The Kier molecular flexibility index (Phi) is 5.86. The first-order chi connectivity index (χ1) is 7.53. The summed E-state index contributed by atoms with van der Waals surface area (Å²) in [4.78, 5) is 12.1. The van der Waals surface area contributed by atoms with Gasteiger partial charge in [-0.2, -0.15) is 0 Å². The van der Waals surface area contributed by atoms with Crippen LogP contribution in [0.1, 0.15) is 67.7 Å². The summed E-state index contributed by atoms with van der Waals surface area (Å²) in [5.41, 5.74) is 6.32. The Morgan fingerprint density at radius 3 is 2.00 bits per heavy atom. The predicted octanol–water partition coefficient (Wildman–Crippen LogP) is 3.78. The minimum absolute atomic E-state index is 0.0774. The van der Waals surface area contributed by atoms with Gasteiger partial charge in [0.2, 0.25) is 0 Å². The van der Waals surface area contributed by atoms with E-state index in [9.17, 15) is 4.79 Å². The number of Topliss-reactive ketones (excluding diaryl/α,β-unsaturated/α-hetero) is 1. The standard InChI is InChI=1S/C15H31NO/c1-8-9-11(2)13(17)12(16)10-15(6,7)14(3,4)5/h11-12H,8-10,16H2,1-7H3. The van der Waals surface area contributed by atoms with E-state index < -0.39 is 0 Å². The molecule has 102 valence electrons. The topological polar surface area (TPSA) is 43.1 Å². The molecule has 0 amide bonds. The van der Waals surface area contributed by atoms with Gasteiger partial charge in [0, 0.05) is 5.92 Å². The van der Waals surface area contributed by atoms with Gasteiger partial charge in [-0.05, 0) is 23.7 Å². The van der Waals surface area contributed by atoms with E-state index in [1.807, 2.05) is 6.92 Å². The van der Waals surface area contributed by atoms with Crippen molar-refractivity contribution in [3.63, 3.8) is 0 Å². The summed E-state index contributed by atoms with van der Waals surface area (Å²) in [6.45, 7) is 15.1. The lowest BCUT2D eigenvalue weighted by Gasteiger charge is -2.40. The van der Waals surface area contributed by atoms with E-state index in [0.717, 1.165) is 19.3 Å². The molecule has 0 bridgehead atoms. The molecule has 0 aliphatic rings. The summed E-state index contributed by atoms with van der Waals surface area (Å²) in [6, 6.07) is -0.314.